The average Bonchev–Trinajstić information content (AvgIpc) is 2.58. The van der Waals surface area contributed by atoms with Gasteiger partial charge in [-0.2, -0.15) is 12.6 Å². The molecular formula is C19H23NOS. The van der Waals surface area contributed by atoms with E-state index in [1.807, 2.05) is 55.1 Å². The van der Waals surface area contributed by atoms with E-state index in [0.29, 0.717) is 13.1 Å². The second-order valence-corrected chi connectivity index (χ2v) is 5.81. The monoisotopic (exact) mass is 313 g/mol. The van der Waals surface area contributed by atoms with Crippen LogP contribution in [0.5, 0.6) is 0 Å². The molecule has 0 aromatic heterocycles. The lowest BCUT2D eigenvalue weighted by molar-refractivity contribution is -0.130. The molecule has 0 saturated heterocycles. The summed E-state index contributed by atoms with van der Waals surface area (Å²) in [5.41, 5.74) is 2.24. The lowest BCUT2D eigenvalue weighted by Crippen LogP contribution is -2.39. The smallest absolute Gasteiger partial charge is 0.236 e. The van der Waals surface area contributed by atoms with E-state index in [0.717, 1.165) is 11.1 Å². The lowest BCUT2D eigenvalue weighted by atomic mass is 9.87. The molecule has 0 fully saturated rings. The van der Waals surface area contributed by atoms with Gasteiger partial charge in [-0.1, -0.05) is 60.7 Å². The van der Waals surface area contributed by atoms with E-state index in [1.54, 1.807) is 0 Å². The van der Waals surface area contributed by atoms with Gasteiger partial charge in [-0.05, 0) is 25.0 Å². The fraction of sp³-hybridized carbons (Fsp3) is 0.316. The van der Waals surface area contributed by atoms with Crippen LogP contribution in [-0.4, -0.2) is 29.1 Å². The highest BCUT2D eigenvalue weighted by molar-refractivity contribution is 7.81. The summed E-state index contributed by atoms with van der Waals surface area (Å²) in [6.07, 6.45) is 0. The van der Waals surface area contributed by atoms with Crippen LogP contribution in [-0.2, 0) is 4.79 Å². The average molecular weight is 313 g/mol. The second kappa shape index (κ2) is 8.04. The summed E-state index contributed by atoms with van der Waals surface area (Å²) in [4.78, 5) is 14.6. The zero-order valence-electron chi connectivity index (χ0n) is 13.1. The Bertz CT molecular complexity index is 541. The Morgan fingerprint density at radius 1 is 0.909 bits per heavy atom. The molecule has 0 aliphatic carbocycles. The van der Waals surface area contributed by atoms with Crippen LogP contribution in [0.1, 0.15) is 30.9 Å². The van der Waals surface area contributed by atoms with Crippen molar-refractivity contribution in [2.45, 2.75) is 25.0 Å². The van der Waals surface area contributed by atoms with E-state index in [-0.39, 0.29) is 17.1 Å². The maximum absolute atomic E-state index is 12.7. The van der Waals surface area contributed by atoms with Gasteiger partial charge in [-0.15, -0.1) is 0 Å². The summed E-state index contributed by atoms with van der Waals surface area (Å²) in [6.45, 7) is 5.43. The van der Waals surface area contributed by atoms with Gasteiger partial charge in [-0.3, -0.25) is 4.79 Å². The van der Waals surface area contributed by atoms with Gasteiger partial charge in [-0.25, -0.2) is 0 Å². The number of rotatable bonds is 6. The molecule has 116 valence electrons. The first-order chi connectivity index (χ1) is 10.7. The Morgan fingerprint density at radius 3 is 1.68 bits per heavy atom. The minimum Gasteiger partial charge on any atom is -0.342 e. The SMILES string of the molecule is CCN(CC)C(=O)C(S)C(c1ccccc1)c1ccccc1. The molecule has 2 aromatic carbocycles. The third kappa shape index (κ3) is 3.72. The molecule has 2 nitrogen and oxygen atoms in total. The predicted octanol–water partition coefficient (Wildman–Crippen LogP) is 3.99. The molecule has 0 heterocycles. The number of benzene rings is 2. The molecule has 2 rings (SSSR count). The molecule has 0 saturated carbocycles. The zero-order valence-corrected chi connectivity index (χ0v) is 14.0. The molecule has 0 aliphatic rings. The minimum atomic E-state index is -0.385. The van der Waals surface area contributed by atoms with Crippen LogP contribution < -0.4 is 0 Å². The summed E-state index contributed by atoms with van der Waals surface area (Å²) < 4.78 is 0. The van der Waals surface area contributed by atoms with Gasteiger partial charge in [0.05, 0.1) is 5.25 Å². The molecule has 0 bridgehead atoms. The molecule has 0 N–H and O–H groups in total. The Hall–Kier alpha value is -1.74. The predicted molar refractivity (Wildman–Crippen MR) is 95.4 cm³/mol. The van der Waals surface area contributed by atoms with E-state index < -0.39 is 0 Å². The molecule has 1 unspecified atom stereocenters. The van der Waals surface area contributed by atoms with Crippen molar-refractivity contribution in [3.63, 3.8) is 0 Å². The number of hydrogen-bond donors (Lipinski definition) is 1. The first-order valence-electron chi connectivity index (χ1n) is 7.75. The molecule has 0 radical (unpaired) electrons. The first kappa shape index (κ1) is 16.6. The highest BCUT2D eigenvalue weighted by Crippen LogP contribution is 2.32. The molecule has 2 aromatic rings. The summed E-state index contributed by atoms with van der Waals surface area (Å²) in [6, 6.07) is 20.3. The Kier molecular flexibility index (Phi) is 6.08. The summed E-state index contributed by atoms with van der Waals surface area (Å²) in [5, 5.41) is -0.385. The first-order valence-corrected chi connectivity index (χ1v) is 8.27. The van der Waals surface area contributed by atoms with E-state index >= 15 is 0 Å². The van der Waals surface area contributed by atoms with Crippen molar-refractivity contribution in [1.29, 1.82) is 0 Å². The summed E-state index contributed by atoms with van der Waals surface area (Å²) >= 11 is 4.70. The zero-order chi connectivity index (χ0) is 15.9. The van der Waals surface area contributed by atoms with Crippen molar-refractivity contribution in [3.8, 4) is 0 Å². The molecule has 0 spiro atoms. The third-order valence-electron chi connectivity index (χ3n) is 3.96. The third-order valence-corrected chi connectivity index (χ3v) is 4.48. The number of nitrogens with zero attached hydrogens (tertiary/aromatic N) is 1. The molecule has 22 heavy (non-hydrogen) atoms. The Labute approximate surface area is 138 Å². The minimum absolute atomic E-state index is 0.0427. The van der Waals surface area contributed by atoms with Crippen LogP contribution in [0.4, 0.5) is 0 Å². The highest BCUT2D eigenvalue weighted by Gasteiger charge is 2.30. The largest absolute Gasteiger partial charge is 0.342 e. The fourth-order valence-electron chi connectivity index (χ4n) is 2.74. The van der Waals surface area contributed by atoms with Crippen LogP contribution in [0.2, 0.25) is 0 Å². The standard InChI is InChI=1S/C19H23NOS/c1-3-20(4-2)19(21)18(22)17(15-11-7-5-8-12-15)16-13-9-6-10-14-16/h5-14,17-18,22H,3-4H2,1-2H3. The van der Waals surface area contributed by atoms with Gasteiger partial charge in [0.2, 0.25) is 5.91 Å². The van der Waals surface area contributed by atoms with Crippen molar-refractivity contribution in [2.75, 3.05) is 13.1 Å². The van der Waals surface area contributed by atoms with Crippen LogP contribution in [0, 0.1) is 0 Å². The summed E-state index contributed by atoms with van der Waals surface area (Å²) in [5.74, 6) is 0.0462. The van der Waals surface area contributed by atoms with Gasteiger partial charge >= 0.3 is 0 Å². The van der Waals surface area contributed by atoms with Crippen LogP contribution in [0.25, 0.3) is 0 Å². The van der Waals surface area contributed by atoms with Gasteiger partial charge in [0.15, 0.2) is 0 Å². The molecule has 1 atom stereocenters. The number of thiol groups is 1. The van der Waals surface area contributed by atoms with Crippen molar-refractivity contribution in [3.05, 3.63) is 71.8 Å². The maximum atomic E-state index is 12.7. The fourth-order valence-corrected chi connectivity index (χ4v) is 3.25. The van der Waals surface area contributed by atoms with Crippen molar-refractivity contribution >= 4 is 18.5 Å². The number of amides is 1. The van der Waals surface area contributed by atoms with Crippen LogP contribution in [0.15, 0.2) is 60.7 Å². The topological polar surface area (TPSA) is 20.3 Å². The van der Waals surface area contributed by atoms with Gasteiger partial charge in [0.25, 0.3) is 0 Å². The number of hydrogen-bond acceptors (Lipinski definition) is 2. The normalized spacial score (nSPS) is 12.2. The van der Waals surface area contributed by atoms with E-state index in [4.69, 9.17) is 12.6 Å². The van der Waals surface area contributed by atoms with Crippen LogP contribution >= 0.6 is 12.6 Å². The Balaban J connectivity index is 2.39. The summed E-state index contributed by atoms with van der Waals surface area (Å²) in [7, 11) is 0. The van der Waals surface area contributed by atoms with Crippen molar-refractivity contribution in [1.82, 2.24) is 4.90 Å². The maximum Gasteiger partial charge on any atom is 0.236 e. The van der Waals surface area contributed by atoms with Crippen LogP contribution in [0.3, 0.4) is 0 Å². The van der Waals surface area contributed by atoms with Gasteiger partial charge < -0.3 is 4.90 Å². The van der Waals surface area contributed by atoms with E-state index in [9.17, 15) is 4.79 Å². The van der Waals surface area contributed by atoms with E-state index in [2.05, 4.69) is 24.3 Å². The van der Waals surface area contributed by atoms with Gasteiger partial charge in [0.1, 0.15) is 0 Å². The van der Waals surface area contributed by atoms with Crippen molar-refractivity contribution in [2.24, 2.45) is 0 Å². The molecule has 0 aliphatic heterocycles. The molecule has 1 amide bonds. The number of carbonyl (C=O) groups excluding carboxylic acids is 1. The quantitative estimate of drug-likeness (QED) is 0.800. The molecule has 3 heteroatoms. The second-order valence-electron chi connectivity index (χ2n) is 5.25. The molecular weight excluding hydrogens is 290 g/mol. The number of carbonyl (C=O) groups is 1. The highest BCUT2D eigenvalue weighted by atomic mass is 32.1. The Morgan fingerprint density at radius 2 is 1.32 bits per heavy atom. The lowest BCUT2D eigenvalue weighted by Gasteiger charge is -2.28. The van der Waals surface area contributed by atoms with Crippen molar-refractivity contribution < 1.29 is 4.79 Å². The van der Waals surface area contributed by atoms with Gasteiger partial charge in [0, 0.05) is 19.0 Å². The van der Waals surface area contributed by atoms with E-state index in [1.165, 1.54) is 0 Å².